The number of anilines is 1. The Kier molecular flexibility index (Phi) is 9.73. The third kappa shape index (κ3) is 7.18. The molecule has 0 heterocycles. The number of hydrogen-bond donors (Lipinski definition) is 1. The Morgan fingerprint density at radius 3 is 2.26 bits per heavy atom. The molecule has 1 amide bonds. The van der Waals surface area contributed by atoms with Gasteiger partial charge in [-0.25, -0.2) is 4.79 Å². The summed E-state index contributed by atoms with van der Waals surface area (Å²) in [5.41, 5.74) is -0.332. The van der Waals surface area contributed by atoms with E-state index < -0.39 is 16.8 Å². The van der Waals surface area contributed by atoms with Gasteiger partial charge in [-0.3, -0.25) is 14.9 Å². The number of methoxy groups -OCH3 is 1. The zero-order chi connectivity index (χ0) is 28.7. The lowest BCUT2D eigenvalue weighted by molar-refractivity contribution is -0.384. The first kappa shape index (κ1) is 29.3. The summed E-state index contributed by atoms with van der Waals surface area (Å²) in [6.07, 6.45) is 1.21. The number of non-ortho nitro benzene ring substituents is 1. The van der Waals surface area contributed by atoms with E-state index in [4.69, 9.17) is 49.0 Å². The van der Waals surface area contributed by atoms with Crippen LogP contribution in [0.3, 0.4) is 0 Å². The first-order valence-electron chi connectivity index (χ1n) is 11.0. The van der Waals surface area contributed by atoms with Crippen LogP contribution in [0.1, 0.15) is 22.8 Å². The van der Waals surface area contributed by atoms with Gasteiger partial charge in [0.05, 0.1) is 45.0 Å². The Labute approximate surface area is 237 Å². The summed E-state index contributed by atoms with van der Waals surface area (Å²) in [6.45, 7) is 1.90. The first-order chi connectivity index (χ1) is 18.6. The van der Waals surface area contributed by atoms with Crippen molar-refractivity contribution in [1.29, 1.82) is 5.26 Å². The molecule has 0 spiro atoms. The van der Waals surface area contributed by atoms with Crippen LogP contribution in [0.5, 0.6) is 17.2 Å². The number of ether oxygens (including phenoxy) is 3. The van der Waals surface area contributed by atoms with E-state index in [9.17, 15) is 25.0 Å². The van der Waals surface area contributed by atoms with Crippen molar-refractivity contribution in [3.8, 4) is 23.3 Å². The van der Waals surface area contributed by atoms with Crippen LogP contribution in [0.2, 0.25) is 15.1 Å². The highest BCUT2D eigenvalue weighted by Crippen LogP contribution is 2.38. The van der Waals surface area contributed by atoms with Crippen LogP contribution in [0.15, 0.2) is 54.1 Å². The van der Waals surface area contributed by atoms with Gasteiger partial charge in [-0.15, -0.1) is 0 Å². The van der Waals surface area contributed by atoms with Crippen molar-refractivity contribution in [3.05, 3.63) is 90.4 Å². The number of hydrogen-bond acceptors (Lipinski definition) is 8. The number of halogens is 3. The molecule has 0 unspecified atom stereocenters. The molecule has 13 heteroatoms. The number of carbonyl (C=O) groups is 2. The monoisotopic (exact) mass is 589 g/mol. The van der Waals surface area contributed by atoms with Crippen molar-refractivity contribution < 1.29 is 28.7 Å². The summed E-state index contributed by atoms with van der Waals surface area (Å²) in [4.78, 5) is 35.7. The molecule has 3 rings (SSSR count). The second-order valence-corrected chi connectivity index (χ2v) is 8.77. The van der Waals surface area contributed by atoms with Gasteiger partial charge in [0, 0.05) is 12.1 Å². The van der Waals surface area contributed by atoms with Crippen LogP contribution < -0.4 is 19.5 Å². The number of nitrogens with one attached hydrogen (secondary N) is 1. The van der Waals surface area contributed by atoms with Gasteiger partial charge >= 0.3 is 5.97 Å². The molecule has 39 heavy (non-hydrogen) atoms. The molecule has 0 aliphatic carbocycles. The summed E-state index contributed by atoms with van der Waals surface area (Å²) in [7, 11) is 1.50. The topological polar surface area (TPSA) is 141 Å². The summed E-state index contributed by atoms with van der Waals surface area (Å²) in [5.74, 6) is -0.982. The second-order valence-electron chi connectivity index (χ2n) is 7.55. The predicted octanol–water partition coefficient (Wildman–Crippen LogP) is 6.73. The Bertz CT molecular complexity index is 1490. The Hall–Kier alpha value is -4.30. The largest absolute Gasteiger partial charge is 0.497 e. The Morgan fingerprint density at radius 1 is 1.08 bits per heavy atom. The highest BCUT2D eigenvalue weighted by molar-refractivity contribution is 6.40. The van der Waals surface area contributed by atoms with E-state index in [2.05, 4.69) is 5.32 Å². The summed E-state index contributed by atoms with van der Waals surface area (Å²) in [6, 6.07) is 12.8. The van der Waals surface area contributed by atoms with Crippen LogP contribution in [0.25, 0.3) is 6.08 Å². The van der Waals surface area contributed by atoms with E-state index in [0.717, 1.165) is 12.1 Å². The van der Waals surface area contributed by atoms with E-state index in [1.54, 1.807) is 25.1 Å². The van der Waals surface area contributed by atoms with Crippen LogP contribution in [-0.2, 0) is 4.79 Å². The van der Waals surface area contributed by atoms with Crippen molar-refractivity contribution in [1.82, 2.24) is 0 Å². The van der Waals surface area contributed by atoms with E-state index in [0.29, 0.717) is 5.75 Å². The van der Waals surface area contributed by atoms with Crippen molar-refractivity contribution >= 4 is 64.1 Å². The van der Waals surface area contributed by atoms with Crippen molar-refractivity contribution in [2.24, 2.45) is 0 Å². The van der Waals surface area contributed by atoms with Crippen LogP contribution in [-0.4, -0.2) is 30.5 Å². The minimum absolute atomic E-state index is 0.0202. The molecule has 0 aromatic heterocycles. The van der Waals surface area contributed by atoms with Gasteiger partial charge < -0.3 is 19.5 Å². The first-order valence-corrected chi connectivity index (χ1v) is 12.1. The number of esters is 1. The summed E-state index contributed by atoms with van der Waals surface area (Å²) in [5, 5.41) is 22.5. The van der Waals surface area contributed by atoms with Crippen molar-refractivity contribution in [3.63, 3.8) is 0 Å². The fourth-order valence-corrected chi connectivity index (χ4v) is 4.02. The van der Waals surface area contributed by atoms with Gasteiger partial charge in [-0.1, -0.05) is 34.8 Å². The number of rotatable bonds is 9. The zero-order valence-electron chi connectivity index (χ0n) is 20.3. The molecule has 0 aliphatic rings. The molecule has 0 radical (unpaired) electrons. The number of nitro groups is 1. The lowest BCUT2D eigenvalue weighted by Crippen LogP contribution is -2.14. The SMILES string of the molecule is CCOc1cc(/C=C(\C#N)C(=O)Nc2c(Cl)cc([N+](=O)[O-])cc2Cl)cc(Cl)c1OC(=O)c1ccc(OC)cc1. The molecule has 10 nitrogen and oxygen atoms in total. The predicted molar refractivity (Wildman–Crippen MR) is 146 cm³/mol. The molecule has 3 aromatic carbocycles. The van der Waals surface area contributed by atoms with Crippen molar-refractivity contribution in [2.75, 3.05) is 19.0 Å². The van der Waals surface area contributed by atoms with Gasteiger partial charge in [0.1, 0.15) is 17.4 Å². The van der Waals surface area contributed by atoms with E-state index >= 15 is 0 Å². The third-order valence-electron chi connectivity index (χ3n) is 5.00. The minimum atomic E-state index is -0.890. The quantitative estimate of drug-likeness (QED) is 0.0722. The molecular weight excluding hydrogens is 573 g/mol. The minimum Gasteiger partial charge on any atom is -0.497 e. The van der Waals surface area contributed by atoms with Crippen LogP contribution in [0, 0.1) is 21.4 Å². The molecule has 0 aliphatic heterocycles. The normalized spacial score (nSPS) is 10.8. The molecule has 1 N–H and O–H groups in total. The number of nitriles is 1. The highest BCUT2D eigenvalue weighted by Gasteiger charge is 2.20. The molecule has 200 valence electrons. The summed E-state index contributed by atoms with van der Waals surface area (Å²) < 4.78 is 16.1. The number of carbonyl (C=O) groups excluding carboxylic acids is 2. The van der Waals surface area contributed by atoms with Crippen molar-refractivity contribution in [2.45, 2.75) is 6.92 Å². The molecule has 0 atom stereocenters. The molecule has 0 saturated carbocycles. The zero-order valence-corrected chi connectivity index (χ0v) is 22.6. The van der Waals surface area contributed by atoms with E-state index in [-0.39, 0.29) is 61.2 Å². The maximum absolute atomic E-state index is 12.8. The maximum Gasteiger partial charge on any atom is 0.343 e. The lowest BCUT2D eigenvalue weighted by atomic mass is 10.1. The van der Waals surface area contributed by atoms with Crippen LogP contribution >= 0.6 is 34.8 Å². The van der Waals surface area contributed by atoms with Gasteiger partial charge in [0.15, 0.2) is 11.5 Å². The average Bonchev–Trinajstić information content (AvgIpc) is 2.91. The van der Waals surface area contributed by atoms with Crippen LogP contribution in [0.4, 0.5) is 11.4 Å². The molecule has 0 fully saturated rings. The molecular formula is C26H18Cl3N3O7. The third-order valence-corrected chi connectivity index (χ3v) is 5.88. The average molecular weight is 591 g/mol. The fourth-order valence-electron chi connectivity index (χ4n) is 3.19. The number of nitro benzene ring substituents is 1. The highest BCUT2D eigenvalue weighted by atomic mass is 35.5. The van der Waals surface area contributed by atoms with Gasteiger partial charge in [-0.2, -0.15) is 5.26 Å². The second kappa shape index (κ2) is 13.0. The van der Waals surface area contributed by atoms with Gasteiger partial charge in [0.25, 0.3) is 11.6 Å². The Morgan fingerprint density at radius 2 is 1.72 bits per heavy atom. The van der Waals surface area contributed by atoms with Gasteiger partial charge in [0.2, 0.25) is 0 Å². The number of nitrogens with zero attached hydrogens (tertiary/aromatic N) is 2. The lowest BCUT2D eigenvalue weighted by Gasteiger charge is -2.14. The molecule has 0 bridgehead atoms. The molecule has 0 saturated heterocycles. The van der Waals surface area contributed by atoms with E-state index in [1.165, 1.54) is 37.5 Å². The number of amides is 1. The standard InChI is InChI=1S/C26H18Cl3N3O7/c1-3-38-22-10-14(9-21(29)24(22)39-26(34)15-4-6-18(37-2)7-5-15)8-16(13-30)25(33)31-23-19(27)11-17(32(35)36)12-20(23)28/h4-12H,3H2,1-2H3,(H,31,33)/b16-8+. The van der Waals surface area contributed by atoms with Gasteiger partial charge in [-0.05, 0) is 55.0 Å². The summed E-state index contributed by atoms with van der Waals surface area (Å²) >= 11 is 18.5. The number of benzene rings is 3. The smallest absolute Gasteiger partial charge is 0.343 e. The maximum atomic E-state index is 12.8. The fraction of sp³-hybridized carbons (Fsp3) is 0.115. The Balaban J connectivity index is 1.90. The van der Waals surface area contributed by atoms with E-state index in [1.807, 2.05) is 0 Å². The molecule has 3 aromatic rings.